The normalized spacial score (nSPS) is 22.8. The summed E-state index contributed by atoms with van der Waals surface area (Å²) in [4.78, 5) is 61.3. The number of aliphatic carboxylic acids is 2. The largest absolute Gasteiger partial charge is 0.498 e. The van der Waals surface area contributed by atoms with Gasteiger partial charge in [0.25, 0.3) is 11.6 Å². The lowest BCUT2D eigenvalue weighted by Gasteiger charge is -2.55. The average molecular weight is 504 g/mol. The van der Waals surface area contributed by atoms with Crippen LogP contribution < -0.4 is 10.6 Å². The molecule has 13 nitrogen and oxygen atoms in total. The number of rotatable bonds is 10. The van der Waals surface area contributed by atoms with Gasteiger partial charge in [0, 0.05) is 13.5 Å². The summed E-state index contributed by atoms with van der Waals surface area (Å²) in [6, 6.07) is -1.27. The molecule has 0 aromatic rings. The van der Waals surface area contributed by atoms with Crippen LogP contribution in [0.5, 0.6) is 0 Å². The molecule has 0 spiro atoms. The number of methoxy groups -OCH3 is 2. The summed E-state index contributed by atoms with van der Waals surface area (Å²) in [7, 11) is 2.52. The molecule has 0 saturated carbocycles. The molecule has 2 aliphatic heterocycles. The highest BCUT2D eigenvalue weighted by molar-refractivity contribution is 8.00. The molecule has 1 saturated heterocycles. The third kappa shape index (κ3) is 5.73. The van der Waals surface area contributed by atoms with E-state index in [1.54, 1.807) is 20.8 Å². The van der Waals surface area contributed by atoms with E-state index in [0.717, 1.165) is 4.90 Å². The SMILES string of the molecule is COC1=C(C(=O)O)N2C(=O)[C@](NC(=O)CCCC(NC(=O)OC(C)(C)C)C(=O)O)(OC)[C@@H]2SC1. The molecule has 1 unspecified atom stereocenters. The highest BCUT2D eigenvalue weighted by Gasteiger charge is 2.67. The molecule has 0 aromatic carbocycles. The molecule has 0 aromatic heterocycles. The third-order valence-electron chi connectivity index (χ3n) is 4.98. The van der Waals surface area contributed by atoms with Crippen LogP contribution >= 0.6 is 11.8 Å². The molecular weight excluding hydrogens is 474 g/mol. The summed E-state index contributed by atoms with van der Waals surface area (Å²) in [5, 5.41) is 22.7. The zero-order valence-corrected chi connectivity index (χ0v) is 20.3. The molecule has 34 heavy (non-hydrogen) atoms. The Morgan fingerprint density at radius 3 is 2.38 bits per heavy atom. The first-order valence-electron chi connectivity index (χ1n) is 10.3. The summed E-state index contributed by atoms with van der Waals surface area (Å²) in [6.07, 6.45) is -1.05. The van der Waals surface area contributed by atoms with Gasteiger partial charge in [0.2, 0.25) is 5.91 Å². The molecule has 0 radical (unpaired) electrons. The van der Waals surface area contributed by atoms with E-state index in [9.17, 15) is 34.2 Å². The van der Waals surface area contributed by atoms with Gasteiger partial charge in [-0.3, -0.25) is 14.5 Å². The number of nitrogens with zero attached hydrogens (tertiary/aromatic N) is 1. The van der Waals surface area contributed by atoms with Gasteiger partial charge in [0.05, 0.1) is 12.9 Å². The lowest BCUT2D eigenvalue weighted by Crippen LogP contribution is -2.80. The fourth-order valence-corrected chi connectivity index (χ4v) is 4.86. The fraction of sp³-hybridized carbons (Fsp3) is 0.650. The van der Waals surface area contributed by atoms with E-state index in [0.29, 0.717) is 0 Å². The summed E-state index contributed by atoms with van der Waals surface area (Å²) >= 11 is 1.17. The van der Waals surface area contributed by atoms with Crippen molar-refractivity contribution >= 4 is 41.6 Å². The van der Waals surface area contributed by atoms with Gasteiger partial charge in [0.1, 0.15) is 22.8 Å². The van der Waals surface area contributed by atoms with E-state index >= 15 is 0 Å². The maximum absolute atomic E-state index is 12.8. The Morgan fingerprint density at radius 1 is 1.24 bits per heavy atom. The topological polar surface area (TPSA) is 181 Å². The Morgan fingerprint density at radius 2 is 1.88 bits per heavy atom. The van der Waals surface area contributed by atoms with E-state index in [1.807, 2.05) is 0 Å². The maximum atomic E-state index is 12.8. The minimum atomic E-state index is -1.76. The number of thioether (sulfide) groups is 1. The number of carbonyl (C=O) groups is 5. The quantitative estimate of drug-likeness (QED) is 0.240. The maximum Gasteiger partial charge on any atom is 0.408 e. The monoisotopic (exact) mass is 503 g/mol. The molecule has 0 bridgehead atoms. The van der Waals surface area contributed by atoms with Gasteiger partial charge in [-0.2, -0.15) is 0 Å². The number of carboxylic acids is 2. The number of alkyl carbamates (subject to hydrolysis) is 1. The predicted molar refractivity (Wildman–Crippen MR) is 117 cm³/mol. The van der Waals surface area contributed by atoms with Crippen LogP contribution in [0, 0.1) is 0 Å². The Balaban J connectivity index is 1.98. The highest BCUT2D eigenvalue weighted by Crippen LogP contribution is 2.46. The van der Waals surface area contributed by atoms with E-state index < -0.39 is 52.6 Å². The Hall–Kier alpha value is -3.00. The van der Waals surface area contributed by atoms with Crippen molar-refractivity contribution in [2.75, 3.05) is 20.0 Å². The average Bonchev–Trinajstić information content (AvgIpc) is 2.73. The van der Waals surface area contributed by atoms with Crippen molar-refractivity contribution in [3.05, 3.63) is 11.5 Å². The molecule has 3 atom stereocenters. The van der Waals surface area contributed by atoms with Crippen LogP contribution in [-0.4, -0.2) is 87.7 Å². The first-order valence-corrected chi connectivity index (χ1v) is 11.4. The number of carboxylic acid groups (broad SMARTS) is 2. The van der Waals surface area contributed by atoms with Crippen LogP contribution in [0.1, 0.15) is 40.0 Å². The molecule has 2 heterocycles. The van der Waals surface area contributed by atoms with E-state index in [1.165, 1.54) is 26.0 Å². The van der Waals surface area contributed by atoms with Crippen molar-refractivity contribution in [1.29, 1.82) is 0 Å². The van der Waals surface area contributed by atoms with E-state index in [2.05, 4.69) is 10.6 Å². The number of ether oxygens (including phenoxy) is 3. The van der Waals surface area contributed by atoms with Gasteiger partial charge in [0.15, 0.2) is 5.70 Å². The number of hydrogen-bond donors (Lipinski definition) is 4. The van der Waals surface area contributed by atoms with Crippen molar-refractivity contribution in [2.45, 2.75) is 62.8 Å². The molecule has 3 amide bonds. The molecule has 14 heteroatoms. The molecule has 1 fully saturated rings. The minimum Gasteiger partial charge on any atom is -0.498 e. The number of hydrogen-bond acceptors (Lipinski definition) is 9. The molecular formula is C20H29N3O10S. The smallest absolute Gasteiger partial charge is 0.408 e. The van der Waals surface area contributed by atoms with Crippen molar-refractivity contribution < 1.29 is 48.4 Å². The minimum absolute atomic E-state index is 0.0661. The van der Waals surface area contributed by atoms with Crippen LogP contribution in [0.4, 0.5) is 4.79 Å². The van der Waals surface area contributed by atoms with E-state index in [-0.39, 0.29) is 36.5 Å². The standard InChI is InChI=1S/C20H29N3O10S/c1-19(2,3)33-18(30)21-10(14(25)26)7-6-8-12(24)22-20(32-5)16(29)23-13(15(27)28)11(31-4)9-34-17(20)23/h10,17H,6-9H2,1-5H3,(H,21,30)(H,22,24)(H,25,26)(H,27,28)/t10?,17-,20-/m0/s1. The molecule has 2 rings (SSSR count). The van der Waals surface area contributed by atoms with Crippen molar-refractivity contribution in [3.8, 4) is 0 Å². The lowest BCUT2D eigenvalue weighted by molar-refractivity contribution is -0.193. The van der Waals surface area contributed by atoms with Crippen LogP contribution in [0.25, 0.3) is 0 Å². The fourth-order valence-electron chi connectivity index (χ4n) is 3.45. The summed E-state index contributed by atoms with van der Waals surface area (Å²) in [5.74, 6) is -3.72. The first kappa shape index (κ1) is 27.2. The third-order valence-corrected chi connectivity index (χ3v) is 6.27. The second-order valence-electron chi connectivity index (χ2n) is 8.54. The first-order chi connectivity index (χ1) is 15.8. The van der Waals surface area contributed by atoms with Gasteiger partial charge < -0.3 is 35.1 Å². The predicted octanol–water partition coefficient (Wildman–Crippen LogP) is 0.451. The highest BCUT2D eigenvalue weighted by atomic mass is 32.2. The van der Waals surface area contributed by atoms with Crippen molar-refractivity contribution in [2.24, 2.45) is 0 Å². The Kier molecular flexibility index (Phi) is 8.42. The number of β-lactam (4-membered cyclic amide) rings is 1. The van der Waals surface area contributed by atoms with Crippen LogP contribution in [-0.2, 0) is 33.4 Å². The van der Waals surface area contributed by atoms with Crippen molar-refractivity contribution in [1.82, 2.24) is 15.5 Å². The lowest BCUT2D eigenvalue weighted by atomic mass is 9.99. The van der Waals surface area contributed by atoms with Gasteiger partial charge in [-0.1, -0.05) is 0 Å². The molecule has 4 N–H and O–H groups in total. The molecule has 190 valence electrons. The second-order valence-corrected chi connectivity index (χ2v) is 9.61. The molecule has 2 aliphatic rings. The van der Waals surface area contributed by atoms with Gasteiger partial charge in [-0.25, -0.2) is 14.4 Å². The Labute approximate surface area is 200 Å². The molecule has 0 aliphatic carbocycles. The zero-order chi connectivity index (χ0) is 25.8. The van der Waals surface area contributed by atoms with Crippen molar-refractivity contribution in [3.63, 3.8) is 0 Å². The van der Waals surface area contributed by atoms with Gasteiger partial charge >= 0.3 is 18.0 Å². The zero-order valence-electron chi connectivity index (χ0n) is 19.5. The van der Waals surface area contributed by atoms with Crippen LogP contribution in [0.3, 0.4) is 0 Å². The van der Waals surface area contributed by atoms with E-state index in [4.69, 9.17) is 14.2 Å². The second kappa shape index (κ2) is 10.5. The van der Waals surface area contributed by atoms with Gasteiger partial charge in [-0.05, 0) is 33.6 Å². The van der Waals surface area contributed by atoms with Crippen LogP contribution in [0.2, 0.25) is 0 Å². The summed E-state index contributed by atoms with van der Waals surface area (Å²) in [6.45, 7) is 4.91. The van der Waals surface area contributed by atoms with Gasteiger partial charge in [-0.15, -0.1) is 11.8 Å². The number of carbonyl (C=O) groups excluding carboxylic acids is 3. The Bertz CT molecular complexity index is 900. The number of fused-ring (bicyclic) bond motifs is 1. The summed E-state index contributed by atoms with van der Waals surface area (Å²) in [5.41, 5.74) is -2.87. The summed E-state index contributed by atoms with van der Waals surface area (Å²) < 4.78 is 15.4. The van der Waals surface area contributed by atoms with Crippen LogP contribution in [0.15, 0.2) is 11.5 Å². The number of nitrogens with one attached hydrogen (secondary N) is 2. The number of amides is 3.